The van der Waals surface area contributed by atoms with E-state index in [0.717, 1.165) is 0 Å². The van der Waals surface area contributed by atoms with Gasteiger partial charge in [0.1, 0.15) is 6.42 Å². The fraction of sp³-hybridized carbons (Fsp3) is 0.400. The summed E-state index contributed by atoms with van der Waals surface area (Å²) in [5, 5.41) is 2.27. The highest BCUT2D eigenvalue weighted by Gasteiger charge is 2.31. The highest BCUT2D eigenvalue weighted by molar-refractivity contribution is 5.77. The van der Waals surface area contributed by atoms with Gasteiger partial charge in [-0.1, -0.05) is 0 Å². The molecular formula is C10H11F3N2O. The van der Waals surface area contributed by atoms with Gasteiger partial charge in [-0.2, -0.15) is 13.2 Å². The van der Waals surface area contributed by atoms with Crippen LogP contribution in [-0.4, -0.2) is 17.1 Å². The molecule has 1 amide bonds. The number of alkyl halides is 3. The molecule has 0 unspecified atom stereocenters. The zero-order valence-electron chi connectivity index (χ0n) is 8.58. The lowest BCUT2D eigenvalue weighted by Crippen LogP contribution is -2.30. The van der Waals surface area contributed by atoms with Gasteiger partial charge in [0, 0.05) is 12.4 Å². The number of nitrogens with zero attached hydrogens (tertiary/aromatic N) is 1. The van der Waals surface area contributed by atoms with E-state index in [1.807, 2.05) is 0 Å². The Morgan fingerprint density at radius 1 is 1.44 bits per heavy atom. The van der Waals surface area contributed by atoms with Crippen LogP contribution in [0.15, 0.2) is 24.5 Å². The minimum Gasteiger partial charge on any atom is -0.349 e. The summed E-state index contributed by atoms with van der Waals surface area (Å²) in [7, 11) is 0. The number of rotatable bonds is 3. The quantitative estimate of drug-likeness (QED) is 0.868. The van der Waals surface area contributed by atoms with Crippen molar-refractivity contribution in [2.24, 2.45) is 0 Å². The summed E-state index contributed by atoms with van der Waals surface area (Å²) in [6.45, 7) is 1.61. The zero-order valence-corrected chi connectivity index (χ0v) is 8.58. The van der Waals surface area contributed by atoms with Crippen molar-refractivity contribution in [3.63, 3.8) is 0 Å². The first-order valence-electron chi connectivity index (χ1n) is 4.64. The summed E-state index contributed by atoms with van der Waals surface area (Å²) in [4.78, 5) is 14.8. The van der Waals surface area contributed by atoms with Crippen LogP contribution < -0.4 is 5.32 Å². The van der Waals surface area contributed by atoms with Gasteiger partial charge in [0.15, 0.2) is 0 Å². The van der Waals surface area contributed by atoms with E-state index in [9.17, 15) is 18.0 Å². The van der Waals surface area contributed by atoms with Gasteiger partial charge < -0.3 is 5.32 Å². The van der Waals surface area contributed by atoms with Crippen molar-refractivity contribution in [2.45, 2.75) is 25.6 Å². The number of nitrogens with one attached hydrogen (secondary N) is 1. The molecule has 0 aromatic carbocycles. The molecule has 0 aliphatic heterocycles. The summed E-state index contributed by atoms with van der Waals surface area (Å²) in [5.41, 5.74) is 0.713. The SMILES string of the molecule is C[C@@H](NC(=O)CC(F)(F)F)c1ccncc1. The number of amides is 1. The Morgan fingerprint density at radius 3 is 2.50 bits per heavy atom. The maximum absolute atomic E-state index is 11.9. The second-order valence-corrected chi connectivity index (χ2v) is 3.36. The average molecular weight is 232 g/mol. The molecule has 0 saturated heterocycles. The highest BCUT2D eigenvalue weighted by Crippen LogP contribution is 2.20. The molecule has 0 radical (unpaired) electrons. The van der Waals surface area contributed by atoms with Gasteiger partial charge in [0.05, 0.1) is 6.04 Å². The highest BCUT2D eigenvalue weighted by atomic mass is 19.4. The summed E-state index contributed by atoms with van der Waals surface area (Å²) in [6, 6.07) is 2.81. The summed E-state index contributed by atoms with van der Waals surface area (Å²) in [6.07, 6.45) is -2.89. The topological polar surface area (TPSA) is 42.0 Å². The molecule has 0 spiro atoms. The minimum absolute atomic E-state index is 0.460. The Bertz CT molecular complexity index is 351. The summed E-state index contributed by atoms with van der Waals surface area (Å²) >= 11 is 0. The molecule has 88 valence electrons. The molecule has 0 aliphatic carbocycles. The van der Waals surface area contributed by atoms with Crippen molar-refractivity contribution < 1.29 is 18.0 Å². The monoisotopic (exact) mass is 232 g/mol. The first kappa shape index (κ1) is 12.5. The fourth-order valence-corrected chi connectivity index (χ4v) is 1.21. The number of hydrogen-bond acceptors (Lipinski definition) is 2. The van der Waals surface area contributed by atoms with Crippen LogP contribution in [0, 0.1) is 0 Å². The van der Waals surface area contributed by atoms with E-state index in [4.69, 9.17) is 0 Å². The Kier molecular flexibility index (Phi) is 3.87. The van der Waals surface area contributed by atoms with Gasteiger partial charge in [0.25, 0.3) is 0 Å². The lowest BCUT2D eigenvalue weighted by Gasteiger charge is -2.14. The van der Waals surface area contributed by atoms with Crippen LogP contribution in [0.3, 0.4) is 0 Å². The number of carbonyl (C=O) groups excluding carboxylic acids is 1. The molecule has 1 heterocycles. The van der Waals surface area contributed by atoms with Gasteiger partial charge >= 0.3 is 6.18 Å². The van der Waals surface area contributed by atoms with Crippen LogP contribution in [0.5, 0.6) is 0 Å². The van der Waals surface area contributed by atoms with Crippen molar-refractivity contribution in [1.82, 2.24) is 10.3 Å². The molecule has 3 nitrogen and oxygen atoms in total. The van der Waals surface area contributed by atoms with E-state index < -0.39 is 24.5 Å². The lowest BCUT2D eigenvalue weighted by atomic mass is 10.1. The molecule has 16 heavy (non-hydrogen) atoms. The third kappa shape index (κ3) is 4.29. The molecule has 1 aromatic rings. The van der Waals surface area contributed by atoms with E-state index >= 15 is 0 Å². The second-order valence-electron chi connectivity index (χ2n) is 3.36. The van der Waals surface area contributed by atoms with Crippen LogP contribution in [0.4, 0.5) is 13.2 Å². The molecule has 0 bridgehead atoms. The molecule has 0 aliphatic rings. The van der Waals surface area contributed by atoms with Crippen LogP contribution in [-0.2, 0) is 4.79 Å². The van der Waals surface area contributed by atoms with Gasteiger partial charge in [-0.25, -0.2) is 0 Å². The number of halogens is 3. The first-order valence-corrected chi connectivity index (χ1v) is 4.64. The van der Waals surface area contributed by atoms with Crippen LogP contribution in [0.25, 0.3) is 0 Å². The van der Waals surface area contributed by atoms with Gasteiger partial charge in [-0.3, -0.25) is 9.78 Å². The van der Waals surface area contributed by atoms with Crippen LogP contribution >= 0.6 is 0 Å². The van der Waals surface area contributed by atoms with Gasteiger partial charge in [-0.05, 0) is 24.6 Å². The summed E-state index contributed by atoms with van der Waals surface area (Å²) < 4.78 is 35.7. The maximum Gasteiger partial charge on any atom is 0.397 e. The Balaban J connectivity index is 2.52. The average Bonchev–Trinajstić information content (AvgIpc) is 2.16. The number of carbonyl (C=O) groups is 1. The first-order chi connectivity index (χ1) is 7.38. The van der Waals surface area contributed by atoms with E-state index in [2.05, 4.69) is 10.3 Å². The molecule has 1 N–H and O–H groups in total. The molecule has 0 saturated carbocycles. The van der Waals surface area contributed by atoms with Crippen molar-refractivity contribution in [3.8, 4) is 0 Å². The zero-order chi connectivity index (χ0) is 12.2. The predicted octanol–water partition coefficient (Wildman–Crippen LogP) is 2.21. The van der Waals surface area contributed by atoms with Crippen LogP contribution in [0.2, 0.25) is 0 Å². The Labute approximate surface area is 90.7 Å². The van der Waals surface area contributed by atoms with Crippen LogP contribution in [0.1, 0.15) is 24.9 Å². The van der Waals surface area contributed by atoms with Crippen molar-refractivity contribution >= 4 is 5.91 Å². The fourth-order valence-electron chi connectivity index (χ4n) is 1.21. The molecule has 1 aromatic heterocycles. The molecule has 1 rings (SSSR count). The molecule has 1 atom stereocenters. The van der Waals surface area contributed by atoms with E-state index in [1.165, 1.54) is 12.4 Å². The predicted molar refractivity (Wildman–Crippen MR) is 51.5 cm³/mol. The molecule has 0 fully saturated rings. The van der Waals surface area contributed by atoms with Gasteiger partial charge in [0.2, 0.25) is 5.91 Å². The van der Waals surface area contributed by atoms with Gasteiger partial charge in [-0.15, -0.1) is 0 Å². The summed E-state index contributed by atoms with van der Waals surface area (Å²) in [5.74, 6) is -1.03. The largest absolute Gasteiger partial charge is 0.397 e. The lowest BCUT2D eigenvalue weighted by molar-refractivity contribution is -0.154. The Hall–Kier alpha value is -1.59. The standard InChI is InChI=1S/C10H11F3N2O/c1-7(8-2-4-14-5-3-8)15-9(16)6-10(11,12)13/h2-5,7H,6H2,1H3,(H,15,16)/t7-/m1/s1. The van der Waals surface area contributed by atoms with Crippen molar-refractivity contribution in [2.75, 3.05) is 0 Å². The molecule has 6 heteroatoms. The van der Waals surface area contributed by atoms with Crippen molar-refractivity contribution in [3.05, 3.63) is 30.1 Å². The van der Waals surface area contributed by atoms with E-state index in [0.29, 0.717) is 5.56 Å². The third-order valence-electron chi connectivity index (χ3n) is 1.94. The maximum atomic E-state index is 11.9. The Morgan fingerprint density at radius 2 is 2.00 bits per heavy atom. The third-order valence-corrected chi connectivity index (χ3v) is 1.94. The smallest absolute Gasteiger partial charge is 0.349 e. The number of hydrogen-bond donors (Lipinski definition) is 1. The molecular weight excluding hydrogens is 221 g/mol. The van der Waals surface area contributed by atoms with Crippen molar-refractivity contribution in [1.29, 1.82) is 0 Å². The van der Waals surface area contributed by atoms with E-state index in [1.54, 1.807) is 19.1 Å². The second kappa shape index (κ2) is 4.96. The normalized spacial score (nSPS) is 13.2. The number of aromatic nitrogens is 1. The number of pyridine rings is 1. The van der Waals surface area contributed by atoms with E-state index in [-0.39, 0.29) is 0 Å². The minimum atomic E-state index is -4.47.